The molecule has 0 aliphatic carbocycles. The Morgan fingerprint density at radius 2 is 2.36 bits per heavy atom. The molecule has 0 aromatic carbocycles. The molecule has 4 nitrogen and oxygen atoms in total. The van der Waals surface area contributed by atoms with Crippen molar-refractivity contribution in [1.82, 2.24) is 4.98 Å². The summed E-state index contributed by atoms with van der Waals surface area (Å²) in [6.45, 7) is 2.82. The number of pyridine rings is 1. The topological polar surface area (TPSA) is 68.0 Å². The number of nitrogens with one attached hydrogen (secondary N) is 1. The van der Waals surface area contributed by atoms with Crippen LogP contribution in [-0.4, -0.2) is 17.4 Å². The van der Waals surface area contributed by atoms with Crippen LogP contribution in [0.1, 0.15) is 23.7 Å². The van der Waals surface area contributed by atoms with Gasteiger partial charge in [-0.05, 0) is 18.6 Å². The van der Waals surface area contributed by atoms with Crippen molar-refractivity contribution in [3.8, 4) is 0 Å². The van der Waals surface area contributed by atoms with Crippen molar-refractivity contribution < 1.29 is 4.79 Å². The van der Waals surface area contributed by atoms with Crippen LogP contribution in [0, 0.1) is 0 Å². The van der Waals surface area contributed by atoms with E-state index in [0.29, 0.717) is 11.4 Å². The summed E-state index contributed by atoms with van der Waals surface area (Å²) in [6, 6.07) is 3.03. The van der Waals surface area contributed by atoms with E-state index in [0.717, 1.165) is 13.0 Å². The Morgan fingerprint density at radius 1 is 1.64 bits per heavy atom. The number of halogens is 1. The number of primary amides is 1. The number of hydrogen-bond acceptors (Lipinski definition) is 3. The van der Waals surface area contributed by atoms with E-state index in [9.17, 15) is 4.79 Å². The van der Waals surface area contributed by atoms with Crippen LogP contribution in [0.25, 0.3) is 0 Å². The molecular formula is C9H12ClN3O. The summed E-state index contributed by atoms with van der Waals surface area (Å²) < 4.78 is 0. The first-order chi connectivity index (χ1) is 6.63. The van der Waals surface area contributed by atoms with Gasteiger partial charge in [0.2, 0.25) is 5.91 Å². The Bertz CT molecular complexity index is 341. The Morgan fingerprint density at radius 3 is 2.93 bits per heavy atom. The summed E-state index contributed by atoms with van der Waals surface area (Å²) in [4.78, 5) is 14.9. The number of carbonyl (C=O) groups is 1. The number of amides is 1. The van der Waals surface area contributed by atoms with Crippen LogP contribution in [0.2, 0.25) is 5.15 Å². The van der Waals surface area contributed by atoms with E-state index in [1.165, 1.54) is 6.07 Å². The number of nitrogens with two attached hydrogens (primary N) is 1. The minimum absolute atomic E-state index is 0.264. The van der Waals surface area contributed by atoms with Crippen molar-refractivity contribution in [2.45, 2.75) is 13.3 Å². The minimum atomic E-state index is -0.506. The Balaban J connectivity index is 2.89. The van der Waals surface area contributed by atoms with Crippen LogP contribution in [0.5, 0.6) is 0 Å². The van der Waals surface area contributed by atoms with E-state index in [-0.39, 0.29) is 5.15 Å². The highest BCUT2D eigenvalue weighted by Gasteiger charge is 2.04. The molecule has 0 unspecified atom stereocenters. The van der Waals surface area contributed by atoms with E-state index in [4.69, 9.17) is 17.3 Å². The fourth-order valence-electron chi connectivity index (χ4n) is 0.983. The average molecular weight is 214 g/mol. The molecule has 0 radical (unpaired) electrons. The molecule has 5 heteroatoms. The van der Waals surface area contributed by atoms with Crippen LogP contribution in [0.3, 0.4) is 0 Å². The largest absolute Gasteiger partial charge is 0.370 e. The van der Waals surface area contributed by atoms with Crippen molar-refractivity contribution in [3.05, 3.63) is 22.8 Å². The standard InChI is InChI=1S/C9H12ClN3O/c1-2-3-12-8-5-6(9(11)14)4-7(10)13-8/h4-5H,2-3H2,1H3,(H2,11,14)(H,12,13). The zero-order valence-corrected chi connectivity index (χ0v) is 8.64. The second-order valence-corrected chi connectivity index (χ2v) is 3.24. The lowest BCUT2D eigenvalue weighted by molar-refractivity contribution is 0.1000. The maximum absolute atomic E-state index is 10.9. The van der Waals surface area contributed by atoms with E-state index < -0.39 is 5.91 Å². The van der Waals surface area contributed by atoms with Crippen molar-refractivity contribution in [2.24, 2.45) is 5.73 Å². The Hall–Kier alpha value is -1.29. The lowest BCUT2D eigenvalue weighted by Crippen LogP contribution is -2.12. The zero-order chi connectivity index (χ0) is 10.6. The SMILES string of the molecule is CCCNc1cc(C(N)=O)cc(Cl)n1. The molecule has 76 valence electrons. The lowest BCUT2D eigenvalue weighted by atomic mass is 10.2. The van der Waals surface area contributed by atoms with Gasteiger partial charge >= 0.3 is 0 Å². The van der Waals surface area contributed by atoms with Gasteiger partial charge < -0.3 is 11.1 Å². The van der Waals surface area contributed by atoms with Crippen LogP contribution >= 0.6 is 11.6 Å². The van der Waals surface area contributed by atoms with Gasteiger partial charge in [0.25, 0.3) is 0 Å². The van der Waals surface area contributed by atoms with Gasteiger partial charge in [0, 0.05) is 12.1 Å². The van der Waals surface area contributed by atoms with Crippen molar-refractivity contribution in [3.63, 3.8) is 0 Å². The molecule has 1 aromatic heterocycles. The first-order valence-corrected chi connectivity index (χ1v) is 4.72. The molecule has 0 saturated heterocycles. The molecule has 0 aliphatic heterocycles. The van der Waals surface area contributed by atoms with Gasteiger partial charge in [-0.1, -0.05) is 18.5 Å². The molecule has 1 amide bonds. The van der Waals surface area contributed by atoms with E-state index >= 15 is 0 Å². The summed E-state index contributed by atoms with van der Waals surface area (Å²) in [7, 11) is 0. The first-order valence-electron chi connectivity index (χ1n) is 4.34. The third-order valence-corrected chi connectivity index (χ3v) is 1.83. The van der Waals surface area contributed by atoms with Gasteiger partial charge in [-0.25, -0.2) is 4.98 Å². The van der Waals surface area contributed by atoms with E-state index in [1.807, 2.05) is 6.92 Å². The summed E-state index contributed by atoms with van der Waals surface area (Å²) in [5, 5.41) is 3.29. The second kappa shape index (κ2) is 4.81. The van der Waals surface area contributed by atoms with Gasteiger partial charge in [0.05, 0.1) is 0 Å². The van der Waals surface area contributed by atoms with Crippen LogP contribution in [-0.2, 0) is 0 Å². The molecule has 1 heterocycles. The third kappa shape index (κ3) is 2.88. The molecule has 0 saturated carbocycles. The van der Waals surface area contributed by atoms with E-state index in [1.54, 1.807) is 6.07 Å². The first kappa shape index (κ1) is 10.8. The van der Waals surface area contributed by atoms with Crippen LogP contribution < -0.4 is 11.1 Å². The number of hydrogen-bond donors (Lipinski definition) is 2. The molecule has 1 aromatic rings. The summed E-state index contributed by atoms with van der Waals surface area (Å²) in [6.07, 6.45) is 0.972. The van der Waals surface area contributed by atoms with Crippen molar-refractivity contribution in [1.29, 1.82) is 0 Å². The lowest BCUT2D eigenvalue weighted by Gasteiger charge is -2.05. The quantitative estimate of drug-likeness (QED) is 0.748. The smallest absolute Gasteiger partial charge is 0.248 e. The number of rotatable bonds is 4. The Kier molecular flexibility index (Phi) is 3.71. The predicted molar refractivity (Wildman–Crippen MR) is 56.5 cm³/mol. The summed E-state index contributed by atoms with van der Waals surface area (Å²) in [5.74, 6) is 0.0713. The van der Waals surface area contributed by atoms with Gasteiger partial charge in [-0.2, -0.15) is 0 Å². The number of anilines is 1. The molecule has 0 fully saturated rings. The van der Waals surface area contributed by atoms with Gasteiger partial charge in [-0.15, -0.1) is 0 Å². The highest BCUT2D eigenvalue weighted by atomic mass is 35.5. The van der Waals surface area contributed by atoms with Crippen LogP contribution in [0.15, 0.2) is 12.1 Å². The van der Waals surface area contributed by atoms with Crippen LogP contribution in [0.4, 0.5) is 5.82 Å². The molecule has 1 rings (SSSR count). The van der Waals surface area contributed by atoms with Crippen molar-refractivity contribution >= 4 is 23.3 Å². The highest BCUT2D eigenvalue weighted by Crippen LogP contribution is 2.13. The monoisotopic (exact) mass is 213 g/mol. The molecule has 14 heavy (non-hydrogen) atoms. The number of carbonyl (C=O) groups excluding carboxylic acids is 1. The van der Waals surface area contributed by atoms with Crippen molar-refractivity contribution in [2.75, 3.05) is 11.9 Å². The third-order valence-electron chi connectivity index (χ3n) is 1.63. The maximum atomic E-state index is 10.9. The fourth-order valence-corrected chi connectivity index (χ4v) is 1.19. The Labute approximate surface area is 87.5 Å². The predicted octanol–water partition coefficient (Wildman–Crippen LogP) is 1.66. The molecule has 0 spiro atoms. The molecule has 0 atom stereocenters. The summed E-state index contributed by atoms with van der Waals surface area (Å²) in [5.41, 5.74) is 5.49. The number of aromatic nitrogens is 1. The van der Waals surface area contributed by atoms with E-state index in [2.05, 4.69) is 10.3 Å². The normalized spacial score (nSPS) is 9.86. The van der Waals surface area contributed by atoms with Gasteiger partial charge in [0.15, 0.2) is 0 Å². The maximum Gasteiger partial charge on any atom is 0.248 e. The molecule has 3 N–H and O–H groups in total. The minimum Gasteiger partial charge on any atom is -0.370 e. The van der Waals surface area contributed by atoms with Gasteiger partial charge in [-0.3, -0.25) is 4.79 Å². The zero-order valence-electron chi connectivity index (χ0n) is 7.88. The molecular weight excluding hydrogens is 202 g/mol. The molecule has 0 bridgehead atoms. The average Bonchev–Trinajstić information content (AvgIpc) is 2.14. The number of nitrogens with zero attached hydrogens (tertiary/aromatic N) is 1. The van der Waals surface area contributed by atoms with Gasteiger partial charge in [0.1, 0.15) is 11.0 Å². The molecule has 0 aliphatic rings. The second-order valence-electron chi connectivity index (χ2n) is 2.85. The highest BCUT2D eigenvalue weighted by molar-refractivity contribution is 6.29. The fraction of sp³-hybridized carbons (Fsp3) is 0.333. The summed E-state index contributed by atoms with van der Waals surface area (Å²) >= 11 is 5.71.